The molecule has 2 nitrogen and oxygen atoms in total. The van der Waals surface area contributed by atoms with Crippen LogP contribution in [0.1, 0.15) is 24.4 Å². The minimum atomic E-state index is -0.266. The van der Waals surface area contributed by atoms with Gasteiger partial charge in [-0.15, -0.1) is 0 Å². The van der Waals surface area contributed by atoms with E-state index >= 15 is 0 Å². The van der Waals surface area contributed by atoms with Crippen molar-refractivity contribution in [3.8, 4) is 11.2 Å². The Bertz CT molecular complexity index is 637. The average molecular weight is 358 g/mol. The van der Waals surface area contributed by atoms with E-state index in [1.165, 1.54) is 21.8 Å². The average Bonchev–Trinajstić information content (AvgIpc) is 3.08. The van der Waals surface area contributed by atoms with Crippen molar-refractivity contribution < 1.29 is 4.39 Å². The van der Waals surface area contributed by atoms with Crippen LogP contribution >= 0.6 is 30.1 Å². The molecule has 17 heavy (non-hydrogen) atoms. The fourth-order valence-corrected chi connectivity index (χ4v) is 2.34. The minimum Gasteiger partial charge on any atom is -0.327 e. The highest BCUT2D eigenvalue weighted by Gasteiger charge is 2.25. The van der Waals surface area contributed by atoms with E-state index < -0.39 is 0 Å². The highest BCUT2D eigenvalue weighted by molar-refractivity contribution is 14.2. The number of fused-ring (bicyclic) bond motifs is 1. The van der Waals surface area contributed by atoms with Crippen LogP contribution in [0.15, 0.2) is 18.5 Å². The Morgan fingerprint density at radius 1 is 1.47 bits per heavy atom. The summed E-state index contributed by atoms with van der Waals surface area (Å²) in [4.78, 5) is 4.31. The van der Waals surface area contributed by atoms with Gasteiger partial charge in [0.25, 0.3) is 0 Å². The van der Waals surface area contributed by atoms with Crippen molar-refractivity contribution >= 4 is 41.2 Å². The third-order valence-electron chi connectivity index (χ3n) is 2.83. The Labute approximate surface area is 115 Å². The van der Waals surface area contributed by atoms with Gasteiger partial charge < -0.3 is 4.57 Å². The third-order valence-corrected chi connectivity index (χ3v) is 3.67. The van der Waals surface area contributed by atoms with Gasteiger partial charge in [0.2, 0.25) is 0 Å². The molecule has 1 fully saturated rings. The summed E-state index contributed by atoms with van der Waals surface area (Å²) in [5.74, 6) is 2.52. The standard InChI is InChI=1S/C12H8FIN2S/c13-10-6-12-11(5-8(10)3-4-17-14)15-7-16(12)9-1-2-9/h5-7,9H,1-2H2. The molecule has 0 amide bonds. The summed E-state index contributed by atoms with van der Waals surface area (Å²) in [6, 6.07) is 3.78. The third kappa shape index (κ3) is 2.16. The second-order valence-corrected chi connectivity index (χ2v) is 5.69. The molecule has 0 spiro atoms. The zero-order valence-corrected chi connectivity index (χ0v) is 11.8. The van der Waals surface area contributed by atoms with Gasteiger partial charge in [-0.05, 0) is 33.1 Å². The molecule has 0 atom stereocenters. The lowest BCUT2D eigenvalue weighted by Crippen LogP contribution is -1.92. The van der Waals surface area contributed by atoms with Crippen LogP contribution in [-0.2, 0) is 0 Å². The summed E-state index contributed by atoms with van der Waals surface area (Å²) < 4.78 is 15.9. The molecule has 1 heterocycles. The summed E-state index contributed by atoms with van der Waals surface area (Å²) in [5, 5.41) is 2.79. The van der Waals surface area contributed by atoms with E-state index in [1.54, 1.807) is 18.5 Å². The van der Waals surface area contributed by atoms with Crippen molar-refractivity contribution in [2.75, 3.05) is 0 Å². The Balaban J connectivity index is 2.13. The largest absolute Gasteiger partial charge is 0.327 e. The summed E-state index contributed by atoms with van der Waals surface area (Å²) in [5.41, 5.74) is 2.11. The molecule has 1 aliphatic carbocycles. The fourth-order valence-electron chi connectivity index (χ4n) is 1.86. The molecule has 0 aliphatic heterocycles. The maximum absolute atomic E-state index is 13.8. The molecule has 0 unspecified atom stereocenters. The second kappa shape index (κ2) is 4.50. The Hall–Kier alpha value is -0.740. The maximum atomic E-state index is 13.8. The first-order chi connectivity index (χ1) is 8.29. The van der Waals surface area contributed by atoms with Crippen molar-refractivity contribution in [1.82, 2.24) is 9.55 Å². The van der Waals surface area contributed by atoms with Crippen LogP contribution in [-0.4, -0.2) is 9.55 Å². The van der Waals surface area contributed by atoms with Crippen molar-refractivity contribution in [1.29, 1.82) is 0 Å². The molecule has 0 radical (unpaired) electrons. The lowest BCUT2D eigenvalue weighted by molar-refractivity contribution is 0.624. The first-order valence-electron chi connectivity index (χ1n) is 5.24. The Morgan fingerprint density at radius 3 is 3.00 bits per heavy atom. The predicted octanol–water partition coefficient (Wildman–Crippen LogP) is 3.90. The van der Waals surface area contributed by atoms with Gasteiger partial charge in [0, 0.05) is 33.3 Å². The highest BCUT2D eigenvalue weighted by Crippen LogP contribution is 2.37. The van der Waals surface area contributed by atoms with Crippen LogP contribution in [0, 0.1) is 17.0 Å². The number of aromatic nitrogens is 2. The lowest BCUT2D eigenvalue weighted by atomic mass is 10.2. The van der Waals surface area contributed by atoms with Gasteiger partial charge in [0.05, 0.1) is 22.9 Å². The summed E-state index contributed by atoms with van der Waals surface area (Å²) in [6.07, 6.45) is 4.13. The quantitative estimate of drug-likeness (QED) is 0.568. The number of nitrogens with zero attached hydrogens (tertiary/aromatic N) is 2. The molecule has 1 aromatic carbocycles. The molecule has 1 saturated carbocycles. The number of hydrogen-bond donors (Lipinski definition) is 0. The van der Waals surface area contributed by atoms with Crippen LogP contribution in [0.2, 0.25) is 0 Å². The molecule has 0 saturated heterocycles. The van der Waals surface area contributed by atoms with E-state index in [-0.39, 0.29) is 5.82 Å². The van der Waals surface area contributed by atoms with Gasteiger partial charge in [0.1, 0.15) is 5.82 Å². The van der Waals surface area contributed by atoms with E-state index in [0.717, 1.165) is 11.0 Å². The fraction of sp³-hybridized carbons (Fsp3) is 0.250. The van der Waals surface area contributed by atoms with Gasteiger partial charge in [0.15, 0.2) is 0 Å². The lowest BCUT2D eigenvalue weighted by Gasteiger charge is -2.01. The zero-order chi connectivity index (χ0) is 11.8. The SMILES string of the molecule is Fc1cc2c(cc1C#CSI)ncn2C1CC1. The molecule has 1 aromatic heterocycles. The molecule has 86 valence electrons. The van der Waals surface area contributed by atoms with E-state index in [4.69, 9.17) is 0 Å². The van der Waals surface area contributed by atoms with Crippen LogP contribution in [0.5, 0.6) is 0 Å². The molecule has 0 bridgehead atoms. The van der Waals surface area contributed by atoms with E-state index in [2.05, 4.69) is 41.9 Å². The second-order valence-electron chi connectivity index (χ2n) is 4.01. The zero-order valence-electron chi connectivity index (χ0n) is 8.78. The monoisotopic (exact) mass is 358 g/mol. The Kier molecular flexibility index (Phi) is 3.01. The predicted molar refractivity (Wildman–Crippen MR) is 76.5 cm³/mol. The number of hydrogen-bond acceptors (Lipinski definition) is 2. The number of halogens is 2. The van der Waals surface area contributed by atoms with Crippen LogP contribution in [0.4, 0.5) is 4.39 Å². The van der Waals surface area contributed by atoms with Gasteiger partial charge in [-0.1, -0.05) is 5.92 Å². The molecular weight excluding hydrogens is 350 g/mol. The summed E-state index contributed by atoms with van der Waals surface area (Å²) in [7, 11) is 1.35. The first kappa shape index (κ1) is 11.4. The Morgan fingerprint density at radius 2 is 2.29 bits per heavy atom. The number of rotatable bonds is 1. The van der Waals surface area contributed by atoms with Crippen LogP contribution in [0.3, 0.4) is 0 Å². The van der Waals surface area contributed by atoms with E-state index in [0.29, 0.717) is 11.6 Å². The summed E-state index contributed by atoms with van der Waals surface area (Å²) >= 11 is 2.07. The number of imidazole rings is 1. The van der Waals surface area contributed by atoms with E-state index in [1.807, 2.05) is 0 Å². The van der Waals surface area contributed by atoms with Gasteiger partial charge in [-0.25, -0.2) is 9.37 Å². The minimum absolute atomic E-state index is 0.266. The normalized spacial score (nSPS) is 14.7. The first-order valence-corrected chi connectivity index (χ1v) is 8.60. The van der Waals surface area contributed by atoms with Crippen LogP contribution in [0.25, 0.3) is 11.0 Å². The molecule has 2 aromatic rings. The molecule has 0 N–H and O–H groups in total. The van der Waals surface area contributed by atoms with Gasteiger partial charge in [-0.3, -0.25) is 0 Å². The van der Waals surface area contributed by atoms with Crippen molar-refractivity contribution in [3.63, 3.8) is 0 Å². The molecule has 3 rings (SSSR count). The van der Waals surface area contributed by atoms with Crippen molar-refractivity contribution in [2.24, 2.45) is 0 Å². The van der Waals surface area contributed by atoms with Crippen molar-refractivity contribution in [3.05, 3.63) is 29.8 Å². The topological polar surface area (TPSA) is 17.8 Å². The maximum Gasteiger partial charge on any atom is 0.141 e. The summed E-state index contributed by atoms with van der Waals surface area (Å²) in [6.45, 7) is 0. The van der Waals surface area contributed by atoms with Gasteiger partial charge >= 0.3 is 0 Å². The van der Waals surface area contributed by atoms with E-state index in [9.17, 15) is 4.39 Å². The highest BCUT2D eigenvalue weighted by atomic mass is 127. The van der Waals surface area contributed by atoms with Crippen LogP contribution < -0.4 is 0 Å². The molecular formula is C12H8FIN2S. The molecule has 5 heteroatoms. The van der Waals surface area contributed by atoms with Gasteiger partial charge in [-0.2, -0.15) is 0 Å². The smallest absolute Gasteiger partial charge is 0.141 e. The molecule has 1 aliphatic rings. The van der Waals surface area contributed by atoms with Crippen molar-refractivity contribution in [2.45, 2.75) is 18.9 Å². The number of benzene rings is 1.